The minimum Gasteiger partial charge on any atom is -0.493 e. The van der Waals surface area contributed by atoms with Crippen molar-refractivity contribution >= 4 is 34.4 Å². The summed E-state index contributed by atoms with van der Waals surface area (Å²) < 4.78 is 17.0. The molecule has 0 N–H and O–H groups in total. The molecule has 8 heteroatoms. The zero-order chi connectivity index (χ0) is 18.1. The number of halogens is 1. The van der Waals surface area contributed by atoms with E-state index < -0.39 is 5.72 Å². The summed E-state index contributed by atoms with van der Waals surface area (Å²) in [5.41, 5.74) is -0.171. The van der Waals surface area contributed by atoms with Crippen molar-refractivity contribution in [3.05, 3.63) is 29.0 Å². The quantitative estimate of drug-likeness (QED) is 0.804. The molecule has 0 bridgehead atoms. The van der Waals surface area contributed by atoms with Crippen molar-refractivity contribution in [2.45, 2.75) is 24.6 Å². The molecular formula is C18H17ClN2O5. The van der Waals surface area contributed by atoms with Gasteiger partial charge >= 0.3 is 0 Å². The Morgan fingerprint density at radius 1 is 1.35 bits per heavy atom. The van der Waals surface area contributed by atoms with Gasteiger partial charge in [0.1, 0.15) is 0 Å². The molecule has 0 unspecified atom stereocenters. The van der Waals surface area contributed by atoms with E-state index in [1.54, 1.807) is 28.0 Å². The summed E-state index contributed by atoms with van der Waals surface area (Å²) in [6.07, 6.45) is 0.922. The smallest absolute Gasteiger partial charge is 0.290 e. The minimum absolute atomic E-state index is 0.0445. The molecule has 136 valence electrons. The number of likely N-dealkylation sites (tertiary alicyclic amines) is 1. The second-order valence-electron chi connectivity index (χ2n) is 6.84. The van der Waals surface area contributed by atoms with E-state index >= 15 is 0 Å². The molecule has 1 aromatic heterocycles. The zero-order valence-electron chi connectivity index (χ0n) is 14.2. The highest BCUT2D eigenvalue weighted by molar-refractivity contribution is 6.31. The molecule has 2 atom stereocenters. The van der Waals surface area contributed by atoms with Crippen LogP contribution in [0.2, 0.25) is 5.02 Å². The molecule has 0 radical (unpaired) electrons. The predicted molar refractivity (Wildman–Crippen MR) is 92.2 cm³/mol. The molecule has 2 amide bonds. The fourth-order valence-corrected chi connectivity index (χ4v) is 4.74. The Balaban J connectivity index is 1.51. The van der Waals surface area contributed by atoms with Crippen molar-refractivity contribution in [2.75, 3.05) is 26.8 Å². The van der Waals surface area contributed by atoms with Gasteiger partial charge in [-0.1, -0.05) is 11.6 Å². The maximum Gasteiger partial charge on any atom is 0.290 e. The molecule has 3 saturated heterocycles. The minimum atomic E-state index is -0.653. The monoisotopic (exact) mass is 376 g/mol. The third-order valence-electron chi connectivity index (χ3n) is 5.64. The second kappa shape index (κ2) is 5.37. The third kappa shape index (κ3) is 1.98. The number of carbonyl (C=O) groups is 2. The Kier molecular flexibility index (Phi) is 3.30. The topological polar surface area (TPSA) is 72.2 Å². The Bertz CT molecular complexity index is 941. The summed E-state index contributed by atoms with van der Waals surface area (Å²) in [6.45, 7) is 1.64. The predicted octanol–water partition coefficient (Wildman–Crippen LogP) is 2.27. The van der Waals surface area contributed by atoms with E-state index in [2.05, 4.69) is 0 Å². The molecule has 2 aromatic rings. The van der Waals surface area contributed by atoms with Crippen LogP contribution in [0.1, 0.15) is 23.4 Å². The van der Waals surface area contributed by atoms with Gasteiger partial charge < -0.3 is 23.7 Å². The first-order valence-corrected chi connectivity index (χ1v) is 8.94. The van der Waals surface area contributed by atoms with E-state index in [0.29, 0.717) is 54.3 Å². The number of hydrogen-bond donors (Lipinski definition) is 0. The molecule has 3 aliphatic rings. The van der Waals surface area contributed by atoms with E-state index in [-0.39, 0.29) is 23.6 Å². The Hall–Kier alpha value is -2.25. The first-order chi connectivity index (χ1) is 12.5. The van der Waals surface area contributed by atoms with E-state index in [1.165, 1.54) is 7.11 Å². The molecule has 26 heavy (non-hydrogen) atoms. The van der Waals surface area contributed by atoms with Gasteiger partial charge in [-0.2, -0.15) is 0 Å². The van der Waals surface area contributed by atoms with Crippen LogP contribution in [0, 0.1) is 0 Å². The maximum absolute atomic E-state index is 13.1. The lowest BCUT2D eigenvalue weighted by molar-refractivity contribution is -0.136. The Morgan fingerprint density at radius 2 is 2.19 bits per heavy atom. The number of rotatable bonds is 2. The van der Waals surface area contributed by atoms with Gasteiger partial charge in [0.2, 0.25) is 5.91 Å². The van der Waals surface area contributed by atoms with Crippen molar-refractivity contribution < 1.29 is 23.5 Å². The van der Waals surface area contributed by atoms with Crippen LogP contribution in [0.25, 0.3) is 11.0 Å². The van der Waals surface area contributed by atoms with Crippen LogP contribution < -0.4 is 4.74 Å². The number of hydrogen-bond acceptors (Lipinski definition) is 5. The number of benzene rings is 1. The number of carbonyl (C=O) groups excluding carboxylic acids is 2. The third-order valence-corrected chi connectivity index (χ3v) is 5.86. The first-order valence-electron chi connectivity index (χ1n) is 8.56. The Labute approximate surface area is 154 Å². The van der Waals surface area contributed by atoms with Crippen molar-refractivity contribution in [2.24, 2.45) is 0 Å². The molecule has 0 aliphatic carbocycles. The highest BCUT2D eigenvalue weighted by Crippen LogP contribution is 2.46. The summed E-state index contributed by atoms with van der Waals surface area (Å²) in [5, 5.41) is 1.21. The van der Waals surface area contributed by atoms with Gasteiger partial charge in [0.15, 0.2) is 22.8 Å². The fraction of sp³-hybridized carbons (Fsp3) is 0.444. The van der Waals surface area contributed by atoms with E-state index in [4.69, 9.17) is 25.5 Å². The maximum atomic E-state index is 13.1. The van der Waals surface area contributed by atoms with Crippen LogP contribution in [0.4, 0.5) is 0 Å². The summed E-state index contributed by atoms with van der Waals surface area (Å²) in [4.78, 5) is 28.9. The highest BCUT2D eigenvalue weighted by atomic mass is 35.5. The van der Waals surface area contributed by atoms with Gasteiger partial charge in [-0.3, -0.25) is 9.59 Å². The number of fused-ring (bicyclic) bond motifs is 1. The average molecular weight is 377 g/mol. The number of ether oxygens (including phenoxy) is 2. The standard InChI is InChI=1S/C18H17ClN2O5/c1-24-12-8-11(19)6-10-7-13(26-16(10)12)17(23)20-3-2-18-14(20)9-15(22)21(18)4-5-25-18/h6-8,14H,2-5,9H2,1H3/t14-,18+/m1/s1. The van der Waals surface area contributed by atoms with Crippen molar-refractivity contribution in [1.82, 2.24) is 9.80 Å². The molecule has 1 aromatic carbocycles. The molecular weight excluding hydrogens is 360 g/mol. The number of methoxy groups -OCH3 is 1. The first kappa shape index (κ1) is 16.0. The highest BCUT2D eigenvalue weighted by Gasteiger charge is 2.63. The lowest BCUT2D eigenvalue weighted by atomic mass is 10.1. The van der Waals surface area contributed by atoms with Crippen LogP contribution in [-0.2, 0) is 9.53 Å². The lowest BCUT2D eigenvalue weighted by Crippen LogP contribution is -2.48. The van der Waals surface area contributed by atoms with Crippen molar-refractivity contribution in [3.8, 4) is 5.75 Å². The molecule has 1 spiro atoms. The van der Waals surface area contributed by atoms with E-state index in [9.17, 15) is 9.59 Å². The molecule has 7 nitrogen and oxygen atoms in total. The molecule has 5 rings (SSSR count). The van der Waals surface area contributed by atoms with Gasteiger partial charge in [-0.15, -0.1) is 0 Å². The van der Waals surface area contributed by atoms with Crippen LogP contribution in [0.15, 0.2) is 22.6 Å². The lowest BCUT2D eigenvalue weighted by Gasteiger charge is -2.31. The molecule has 3 aliphatic heterocycles. The van der Waals surface area contributed by atoms with Crippen molar-refractivity contribution in [1.29, 1.82) is 0 Å². The van der Waals surface area contributed by atoms with Crippen molar-refractivity contribution in [3.63, 3.8) is 0 Å². The van der Waals surface area contributed by atoms with Gasteiger partial charge in [-0.05, 0) is 12.1 Å². The van der Waals surface area contributed by atoms with Gasteiger partial charge in [-0.25, -0.2) is 0 Å². The molecule has 3 fully saturated rings. The molecule has 0 saturated carbocycles. The van der Waals surface area contributed by atoms with Gasteiger partial charge in [0.25, 0.3) is 5.91 Å². The van der Waals surface area contributed by atoms with E-state index in [0.717, 1.165) is 0 Å². The van der Waals surface area contributed by atoms with Crippen LogP contribution >= 0.6 is 11.6 Å². The normalized spacial score (nSPS) is 27.3. The largest absolute Gasteiger partial charge is 0.493 e. The summed E-state index contributed by atoms with van der Waals surface area (Å²) in [6, 6.07) is 4.77. The van der Waals surface area contributed by atoms with Crippen LogP contribution in [-0.4, -0.2) is 60.2 Å². The molecule has 4 heterocycles. The SMILES string of the molecule is COc1cc(Cl)cc2cc(C(=O)N3CC[C@@]45OCCN4C(=O)C[C@@H]35)oc12. The Morgan fingerprint density at radius 3 is 3.00 bits per heavy atom. The fourth-order valence-electron chi connectivity index (χ4n) is 4.52. The summed E-state index contributed by atoms with van der Waals surface area (Å²) in [7, 11) is 1.52. The number of nitrogens with zero attached hydrogens (tertiary/aromatic N) is 2. The van der Waals surface area contributed by atoms with E-state index in [1.807, 2.05) is 0 Å². The van der Waals surface area contributed by atoms with Crippen LogP contribution in [0.5, 0.6) is 5.75 Å². The number of furan rings is 1. The number of amides is 2. The summed E-state index contributed by atoms with van der Waals surface area (Å²) >= 11 is 6.09. The zero-order valence-corrected chi connectivity index (χ0v) is 14.9. The average Bonchev–Trinajstić information content (AvgIpc) is 3.35. The second-order valence-corrected chi connectivity index (χ2v) is 7.28. The summed E-state index contributed by atoms with van der Waals surface area (Å²) in [5.74, 6) is 0.488. The van der Waals surface area contributed by atoms with Crippen LogP contribution in [0.3, 0.4) is 0 Å². The van der Waals surface area contributed by atoms with Gasteiger partial charge in [0, 0.05) is 36.0 Å². The van der Waals surface area contributed by atoms with Gasteiger partial charge in [0.05, 0.1) is 26.2 Å².